The molecular weight excluding hydrogens is 164 g/mol. The van der Waals surface area contributed by atoms with Gasteiger partial charge in [0, 0.05) is 12.6 Å². The van der Waals surface area contributed by atoms with Gasteiger partial charge in [-0.05, 0) is 30.7 Å². The van der Waals surface area contributed by atoms with E-state index in [0.29, 0.717) is 0 Å². The monoisotopic (exact) mass is 176 g/mol. The van der Waals surface area contributed by atoms with Crippen LogP contribution in [0.1, 0.15) is 17.7 Å². The summed E-state index contributed by atoms with van der Waals surface area (Å²) in [4.78, 5) is 14.5. The molecule has 3 nitrogen and oxygen atoms in total. The van der Waals surface area contributed by atoms with Crippen LogP contribution in [0.4, 0.5) is 0 Å². The van der Waals surface area contributed by atoms with Crippen LogP contribution in [0.15, 0.2) is 24.4 Å². The summed E-state index contributed by atoms with van der Waals surface area (Å²) in [5.41, 5.74) is 6.97. The molecule has 0 saturated carbocycles. The Balaban J connectivity index is 2.63. The third kappa shape index (κ3) is 3.51. The van der Waals surface area contributed by atoms with Gasteiger partial charge >= 0.3 is 0 Å². The second-order valence-corrected chi connectivity index (χ2v) is 2.83. The molecule has 0 spiro atoms. The number of carbonyl (C=O) groups excluding carboxylic acids is 1. The zero-order valence-corrected chi connectivity index (χ0v) is 7.53. The van der Waals surface area contributed by atoms with Gasteiger partial charge in [-0.3, -0.25) is 9.78 Å². The lowest BCUT2D eigenvalue weighted by atomic mass is 10.2. The topological polar surface area (TPSA) is 56.0 Å². The maximum absolute atomic E-state index is 10.4. The van der Waals surface area contributed by atoms with Gasteiger partial charge in [-0.15, -0.1) is 0 Å². The fraction of sp³-hybridized carbons (Fsp3) is 0.200. The van der Waals surface area contributed by atoms with Crippen molar-refractivity contribution in [1.82, 2.24) is 4.98 Å². The van der Waals surface area contributed by atoms with Gasteiger partial charge in [0.15, 0.2) is 0 Å². The van der Waals surface area contributed by atoms with E-state index in [9.17, 15) is 4.79 Å². The summed E-state index contributed by atoms with van der Waals surface area (Å²) in [6.07, 6.45) is 5.50. The molecule has 0 saturated heterocycles. The lowest BCUT2D eigenvalue weighted by Crippen LogP contribution is -2.07. The van der Waals surface area contributed by atoms with Gasteiger partial charge in [0.2, 0.25) is 5.91 Å². The van der Waals surface area contributed by atoms with Crippen molar-refractivity contribution in [2.45, 2.75) is 13.3 Å². The second-order valence-electron chi connectivity index (χ2n) is 2.83. The highest BCUT2D eigenvalue weighted by molar-refractivity contribution is 5.76. The first-order valence-corrected chi connectivity index (χ1v) is 4.06. The molecular formula is C10H12N2O. The van der Waals surface area contributed by atoms with Crippen LogP contribution in [-0.2, 0) is 4.79 Å². The summed E-state index contributed by atoms with van der Waals surface area (Å²) in [7, 11) is 0. The summed E-state index contributed by atoms with van der Waals surface area (Å²) in [5.74, 6) is -0.330. The highest BCUT2D eigenvalue weighted by Gasteiger charge is 1.90. The van der Waals surface area contributed by atoms with Gasteiger partial charge in [0.05, 0.1) is 5.69 Å². The summed E-state index contributed by atoms with van der Waals surface area (Å²) < 4.78 is 0. The molecule has 1 amide bonds. The van der Waals surface area contributed by atoms with Gasteiger partial charge in [-0.2, -0.15) is 0 Å². The first-order valence-electron chi connectivity index (χ1n) is 4.06. The van der Waals surface area contributed by atoms with Crippen molar-refractivity contribution >= 4 is 12.0 Å². The number of aromatic nitrogens is 1. The Morgan fingerprint density at radius 1 is 1.69 bits per heavy atom. The van der Waals surface area contributed by atoms with Gasteiger partial charge in [-0.25, -0.2) is 0 Å². The Labute approximate surface area is 77.3 Å². The minimum Gasteiger partial charge on any atom is -0.369 e. The highest BCUT2D eigenvalue weighted by atomic mass is 16.1. The van der Waals surface area contributed by atoms with E-state index < -0.39 is 0 Å². The van der Waals surface area contributed by atoms with E-state index in [1.807, 2.05) is 19.1 Å². The smallest absolute Gasteiger partial charge is 0.221 e. The number of nitrogens with zero attached hydrogens (tertiary/aromatic N) is 1. The molecule has 0 aliphatic carbocycles. The molecule has 0 aromatic carbocycles. The molecule has 1 aromatic heterocycles. The van der Waals surface area contributed by atoms with Crippen LogP contribution < -0.4 is 5.73 Å². The van der Waals surface area contributed by atoms with E-state index in [2.05, 4.69) is 4.98 Å². The summed E-state index contributed by atoms with van der Waals surface area (Å²) in [5, 5.41) is 0. The molecule has 68 valence electrons. The Morgan fingerprint density at radius 3 is 3.08 bits per heavy atom. The predicted molar refractivity (Wildman–Crippen MR) is 51.8 cm³/mol. The maximum Gasteiger partial charge on any atom is 0.221 e. The van der Waals surface area contributed by atoms with Gasteiger partial charge in [-0.1, -0.05) is 6.08 Å². The molecule has 0 unspecified atom stereocenters. The van der Waals surface area contributed by atoms with E-state index in [4.69, 9.17) is 5.73 Å². The van der Waals surface area contributed by atoms with Crippen molar-refractivity contribution < 1.29 is 4.79 Å². The number of carbonyl (C=O) groups is 1. The Bertz CT molecular complexity index is 331. The Hall–Kier alpha value is -1.64. The first-order chi connectivity index (χ1) is 6.18. The van der Waals surface area contributed by atoms with Gasteiger partial charge in [0.25, 0.3) is 0 Å². The number of amides is 1. The molecule has 0 radical (unpaired) electrons. The molecule has 0 bridgehead atoms. The molecule has 1 heterocycles. The Kier molecular flexibility index (Phi) is 3.20. The standard InChI is InChI=1S/C10H12N2O/c1-8-5-6-12-9(7-8)3-2-4-10(11)13/h2-3,5-7H,4H2,1H3,(H2,11,13). The van der Waals surface area contributed by atoms with Crippen LogP contribution in [0, 0.1) is 6.92 Å². The average molecular weight is 176 g/mol. The summed E-state index contributed by atoms with van der Waals surface area (Å²) >= 11 is 0. The average Bonchev–Trinajstić information content (AvgIpc) is 2.03. The quantitative estimate of drug-likeness (QED) is 0.754. The van der Waals surface area contributed by atoms with Crippen molar-refractivity contribution in [3.8, 4) is 0 Å². The van der Waals surface area contributed by atoms with Crippen molar-refractivity contribution in [2.24, 2.45) is 5.73 Å². The lowest BCUT2D eigenvalue weighted by Gasteiger charge is -1.93. The molecule has 1 rings (SSSR count). The third-order valence-corrected chi connectivity index (χ3v) is 1.54. The zero-order valence-electron chi connectivity index (χ0n) is 7.53. The SMILES string of the molecule is Cc1ccnc(C=CCC(N)=O)c1. The molecule has 0 atom stereocenters. The number of aryl methyl sites for hydroxylation is 1. The Morgan fingerprint density at radius 2 is 2.46 bits per heavy atom. The van der Waals surface area contributed by atoms with Crippen molar-refractivity contribution in [3.05, 3.63) is 35.7 Å². The summed E-state index contributed by atoms with van der Waals surface area (Å²) in [6.45, 7) is 1.99. The number of rotatable bonds is 3. The number of hydrogen-bond acceptors (Lipinski definition) is 2. The maximum atomic E-state index is 10.4. The number of hydrogen-bond donors (Lipinski definition) is 1. The molecule has 0 aliphatic heterocycles. The molecule has 3 heteroatoms. The number of nitrogens with two attached hydrogens (primary N) is 1. The molecule has 2 N–H and O–H groups in total. The predicted octanol–water partition coefficient (Wildman–Crippen LogP) is 1.28. The van der Waals surface area contributed by atoms with Crippen molar-refractivity contribution in [2.75, 3.05) is 0 Å². The van der Waals surface area contributed by atoms with Crippen LogP contribution >= 0.6 is 0 Å². The van der Waals surface area contributed by atoms with Crippen LogP contribution in [-0.4, -0.2) is 10.9 Å². The largest absolute Gasteiger partial charge is 0.369 e. The van der Waals surface area contributed by atoms with Crippen LogP contribution in [0.2, 0.25) is 0 Å². The molecule has 13 heavy (non-hydrogen) atoms. The minimum absolute atomic E-state index is 0.260. The molecule has 1 aromatic rings. The zero-order chi connectivity index (χ0) is 9.68. The number of pyridine rings is 1. The van der Waals surface area contributed by atoms with E-state index in [1.165, 1.54) is 0 Å². The lowest BCUT2D eigenvalue weighted by molar-refractivity contribution is -0.117. The minimum atomic E-state index is -0.330. The van der Waals surface area contributed by atoms with Crippen LogP contribution in [0.3, 0.4) is 0 Å². The van der Waals surface area contributed by atoms with Gasteiger partial charge < -0.3 is 5.73 Å². The van der Waals surface area contributed by atoms with E-state index in [1.54, 1.807) is 18.3 Å². The normalized spacial score (nSPS) is 10.5. The third-order valence-electron chi connectivity index (χ3n) is 1.54. The highest BCUT2D eigenvalue weighted by Crippen LogP contribution is 2.02. The fourth-order valence-corrected chi connectivity index (χ4v) is 0.947. The van der Waals surface area contributed by atoms with Crippen LogP contribution in [0.25, 0.3) is 6.08 Å². The first kappa shape index (κ1) is 9.45. The van der Waals surface area contributed by atoms with Gasteiger partial charge in [0.1, 0.15) is 0 Å². The number of primary amides is 1. The van der Waals surface area contributed by atoms with Crippen molar-refractivity contribution in [1.29, 1.82) is 0 Å². The van der Waals surface area contributed by atoms with E-state index in [0.717, 1.165) is 11.3 Å². The second kappa shape index (κ2) is 4.40. The summed E-state index contributed by atoms with van der Waals surface area (Å²) in [6, 6.07) is 3.86. The molecule has 0 aliphatic rings. The van der Waals surface area contributed by atoms with E-state index >= 15 is 0 Å². The molecule has 0 fully saturated rings. The van der Waals surface area contributed by atoms with Crippen LogP contribution in [0.5, 0.6) is 0 Å². The fourth-order valence-electron chi connectivity index (χ4n) is 0.947. The van der Waals surface area contributed by atoms with E-state index in [-0.39, 0.29) is 12.3 Å². The van der Waals surface area contributed by atoms with Crippen molar-refractivity contribution in [3.63, 3.8) is 0 Å².